The highest BCUT2D eigenvalue weighted by molar-refractivity contribution is 5.46. The van der Waals surface area contributed by atoms with Crippen LogP contribution in [-0.4, -0.2) is 19.2 Å². The molecule has 1 saturated heterocycles. The summed E-state index contributed by atoms with van der Waals surface area (Å²) in [5, 5.41) is 12.1. The van der Waals surface area contributed by atoms with Gasteiger partial charge in [-0.25, -0.2) is 0 Å². The van der Waals surface area contributed by atoms with Gasteiger partial charge in [-0.15, -0.1) is 0 Å². The zero-order valence-electron chi connectivity index (χ0n) is 10.1. The van der Waals surface area contributed by atoms with Crippen LogP contribution >= 0.6 is 0 Å². The first-order valence-electron chi connectivity index (χ1n) is 5.99. The minimum atomic E-state index is -4.45. The summed E-state index contributed by atoms with van der Waals surface area (Å²) in [6, 6.07) is 4.75. The molecule has 0 unspecified atom stereocenters. The summed E-state index contributed by atoms with van der Waals surface area (Å²) in [5.74, 6) is 0.224. The molecule has 0 aromatic heterocycles. The molecular weight excluding hydrogens is 257 g/mol. The van der Waals surface area contributed by atoms with Gasteiger partial charge in [-0.1, -0.05) is 0 Å². The highest BCUT2D eigenvalue weighted by atomic mass is 19.4. The SMILES string of the molecule is N#Cc1cc(C(F)(F)F)ccc1OC1CCNCC1. The molecule has 0 atom stereocenters. The summed E-state index contributed by atoms with van der Waals surface area (Å²) in [5.41, 5.74) is -0.907. The maximum Gasteiger partial charge on any atom is 0.416 e. The van der Waals surface area contributed by atoms with Crippen LogP contribution in [0.4, 0.5) is 13.2 Å². The van der Waals surface area contributed by atoms with Crippen molar-refractivity contribution in [2.24, 2.45) is 0 Å². The lowest BCUT2D eigenvalue weighted by Gasteiger charge is -2.24. The Morgan fingerprint density at radius 1 is 1.26 bits per heavy atom. The minimum Gasteiger partial charge on any atom is -0.489 e. The number of nitriles is 1. The van der Waals surface area contributed by atoms with Crippen LogP contribution in [0.5, 0.6) is 5.75 Å². The van der Waals surface area contributed by atoms with E-state index < -0.39 is 11.7 Å². The largest absolute Gasteiger partial charge is 0.489 e. The highest BCUT2D eigenvalue weighted by Gasteiger charge is 2.31. The summed E-state index contributed by atoms with van der Waals surface area (Å²) in [7, 11) is 0. The second-order valence-electron chi connectivity index (χ2n) is 4.39. The highest BCUT2D eigenvalue weighted by Crippen LogP contribution is 2.32. The summed E-state index contributed by atoms with van der Waals surface area (Å²) in [4.78, 5) is 0. The number of rotatable bonds is 2. The van der Waals surface area contributed by atoms with Gasteiger partial charge in [-0.05, 0) is 44.1 Å². The Balaban J connectivity index is 2.19. The molecule has 0 bridgehead atoms. The van der Waals surface area contributed by atoms with E-state index in [1.807, 2.05) is 0 Å². The summed E-state index contributed by atoms with van der Waals surface area (Å²) >= 11 is 0. The first kappa shape index (κ1) is 13.7. The van der Waals surface area contributed by atoms with Gasteiger partial charge in [-0.3, -0.25) is 0 Å². The fourth-order valence-corrected chi connectivity index (χ4v) is 1.99. The van der Waals surface area contributed by atoms with Gasteiger partial charge in [0.05, 0.1) is 11.1 Å². The molecule has 0 saturated carbocycles. The van der Waals surface area contributed by atoms with E-state index in [9.17, 15) is 13.2 Å². The van der Waals surface area contributed by atoms with Crippen LogP contribution in [0.3, 0.4) is 0 Å². The van der Waals surface area contributed by atoms with E-state index in [1.165, 1.54) is 6.07 Å². The monoisotopic (exact) mass is 270 g/mol. The van der Waals surface area contributed by atoms with Gasteiger partial charge >= 0.3 is 6.18 Å². The smallest absolute Gasteiger partial charge is 0.416 e. The van der Waals surface area contributed by atoms with Gasteiger partial charge in [0.15, 0.2) is 0 Å². The Morgan fingerprint density at radius 3 is 2.53 bits per heavy atom. The van der Waals surface area contributed by atoms with Crippen molar-refractivity contribution >= 4 is 0 Å². The van der Waals surface area contributed by atoms with Crippen LogP contribution < -0.4 is 10.1 Å². The van der Waals surface area contributed by atoms with E-state index in [0.29, 0.717) is 0 Å². The maximum absolute atomic E-state index is 12.5. The van der Waals surface area contributed by atoms with Gasteiger partial charge in [0.25, 0.3) is 0 Å². The molecule has 102 valence electrons. The van der Waals surface area contributed by atoms with Gasteiger partial charge in [-0.2, -0.15) is 18.4 Å². The Morgan fingerprint density at radius 2 is 1.95 bits per heavy atom. The third-order valence-electron chi connectivity index (χ3n) is 3.01. The van der Waals surface area contributed by atoms with Crippen LogP contribution in [0.15, 0.2) is 18.2 Å². The lowest BCUT2D eigenvalue weighted by atomic mass is 10.1. The predicted octanol–water partition coefficient (Wildman–Crippen LogP) is 2.71. The Hall–Kier alpha value is -1.74. The van der Waals surface area contributed by atoms with Crippen LogP contribution in [0, 0.1) is 11.3 Å². The standard InChI is InChI=1S/C13H13F3N2O/c14-13(15,16)10-1-2-12(9(7-10)8-17)19-11-3-5-18-6-4-11/h1-2,7,11,18H,3-6H2. The molecule has 0 amide bonds. The summed E-state index contributed by atoms with van der Waals surface area (Å²) in [6.45, 7) is 1.63. The average molecular weight is 270 g/mol. The van der Waals surface area contributed by atoms with Crippen LogP contribution in [0.25, 0.3) is 0 Å². The minimum absolute atomic E-state index is 0.0508. The summed E-state index contributed by atoms with van der Waals surface area (Å²) in [6.07, 6.45) is -2.93. The van der Waals surface area contributed by atoms with Gasteiger partial charge in [0, 0.05) is 0 Å². The Labute approximate surface area is 109 Å². The molecule has 0 aliphatic carbocycles. The lowest BCUT2D eigenvalue weighted by molar-refractivity contribution is -0.137. The van der Waals surface area contributed by atoms with Crippen molar-refractivity contribution in [3.63, 3.8) is 0 Å². The molecule has 1 aliphatic rings. The number of piperidine rings is 1. The van der Waals surface area contributed by atoms with E-state index in [-0.39, 0.29) is 17.4 Å². The number of alkyl halides is 3. The zero-order valence-corrected chi connectivity index (χ0v) is 10.1. The molecule has 6 heteroatoms. The number of hydrogen-bond acceptors (Lipinski definition) is 3. The molecule has 2 rings (SSSR count). The fraction of sp³-hybridized carbons (Fsp3) is 0.462. The summed E-state index contributed by atoms with van der Waals surface area (Å²) < 4.78 is 43.2. The molecule has 1 heterocycles. The van der Waals surface area contributed by atoms with Crippen molar-refractivity contribution in [3.8, 4) is 11.8 Å². The fourth-order valence-electron chi connectivity index (χ4n) is 1.99. The van der Waals surface area contributed by atoms with Crippen molar-refractivity contribution in [3.05, 3.63) is 29.3 Å². The van der Waals surface area contributed by atoms with Crippen molar-refractivity contribution in [1.82, 2.24) is 5.32 Å². The van der Waals surface area contributed by atoms with Gasteiger partial charge in [0.1, 0.15) is 17.9 Å². The van der Waals surface area contributed by atoms with Crippen LogP contribution in [0.2, 0.25) is 0 Å². The van der Waals surface area contributed by atoms with E-state index in [0.717, 1.165) is 38.1 Å². The molecule has 1 N–H and O–H groups in total. The Bertz CT molecular complexity index is 488. The van der Waals surface area contributed by atoms with Crippen molar-refractivity contribution < 1.29 is 17.9 Å². The first-order chi connectivity index (χ1) is 9.00. The molecule has 3 nitrogen and oxygen atoms in total. The first-order valence-corrected chi connectivity index (χ1v) is 5.99. The Kier molecular flexibility index (Phi) is 3.96. The predicted molar refractivity (Wildman–Crippen MR) is 62.7 cm³/mol. The number of halogens is 3. The van der Waals surface area contributed by atoms with E-state index in [4.69, 9.17) is 10.00 Å². The molecule has 1 aliphatic heterocycles. The number of benzene rings is 1. The third-order valence-corrected chi connectivity index (χ3v) is 3.01. The van der Waals surface area contributed by atoms with Crippen LogP contribution in [-0.2, 0) is 6.18 Å². The molecule has 19 heavy (non-hydrogen) atoms. The number of nitrogens with zero attached hydrogens (tertiary/aromatic N) is 1. The van der Waals surface area contributed by atoms with Gasteiger partial charge < -0.3 is 10.1 Å². The molecule has 0 spiro atoms. The second kappa shape index (κ2) is 5.49. The average Bonchev–Trinajstić information content (AvgIpc) is 2.39. The van der Waals surface area contributed by atoms with E-state index in [2.05, 4.69) is 5.32 Å². The molecular formula is C13H13F3N2O. The maximum atomic E-state index is 12.5. The second-order valence-corrected chi connectivity index (χ2v) is 4.39. The topological polar surface area (TPSA) is 45.0 Å². The molecule has 1 fully saturated rings. The lowest BCUT2D eigenvalue weighted by Crippen LogP contribution is -2.34. The third kappa shape index (κ3) is 3.38. The van der Waals surface area contributed by atoms with Crippen molar-refractivity contribution in [2.75, 3.05) is 13.1 Å². The zero-order chi connectivity index (χ0) is 13.9. The molecule has 0 radical (unpaired) electrons. The van der Waals surface area contributed by atoms with Crippen LogP contribution in [0.1, 0.15) is 24.0 Å². The molecule has 1 aromatic carbocycles. The quantitative estimate of drug-likeness (QED) is 0.898. The normalized spacial score (nSPS) is 16.9. The van der Waals surface area contributed by atoms with Crippen molar-refractivity contribution in [1.29, 1.82) is 5.26 Å². The van der Waals surface area contributed by atoms with E-state index >= 15 is 0 Å². The number of nitrogens with one attached hydrogen (secondary N) is 1. The van der Waals surface area contributed by atoms with Crippen molar-refractivity contribution in [2.45, 2.75) is 25.1 Å². The molecule has 1 aromatic rings. The number of hydrogen-bond donors (Lipinski definition) is 1. The van der Waals surface area contributed by atoms with E-state index in [1.54, 1.807) is 6.07 Å². The van der Waals surface area contributed by atoms with Gasteiger partial charge in [0.2, 0.25) is 0 Å². The number of ether oxygens (including phenoxy) is 1.